The molecule has 106 valence electrons. The molecule has 0 spiro atoms. The van der Waals surface area contributed by atoms with Gasteiger partial charge in [-0.3, -0.25) is 0 Å². The Bertz CT molecular complexity index is 786. The summed E-state index contributed by atoms with van der Waals surface area (Å²) in [7, 11) is 0. The number of hydrogen-bond donors (Lipinski definition) is 2. The van der Waals surface area contributed by atoms with Crippen molar-refractivity contribution in [1.82, 2.24) is 20.4 Å². The summed E-state index contributed by atoms with van der Waals surface area (Å²) in [5.41, 5.74) is 1.58. The lowest BCUT2D eigenvalue weighted by Crippen LogP contribution is -2.15. The van der Waals surface area contributed by atoms with Gasteiger partial charge in [0, 0.05) is 11.9 Å². The first-order valence-corrected chi connectivity index (χ1v) is 6.91. The average Bonchev–Trinajstić information content (AvgIpc) is 3.15. The number of para-hydroxylation sites is 1. The summed E-state index contributed by atoms with van der Waals surface area (Å²) < 4.78 is 5.29. The first-order chi connectivity index (χ1) is 10.3. The number of rotatable bonds is 2. The molecule has 2 atom stereocenters. The standard InChI is InChI=1S/C15H14N4O2/c20-10-7-13(16-8-10)15-18-14(19-21-15)12-6-5-9-3-1-2-4-11(9)17-12/h1-6,10,13,16,20H,7-8H2/t10-,13+/m1/s1. The zero-order chi connectivity index (χ0) is 14.2. The van der Waals surface area contributed by atoms with E-state index in [2.05, 4.69) is 20.4 Å². The van der Waals surface area contributed by atoms with Gasteiger partial charge in [0.2, 0.25) is 11.7 Å². The zero-order valence-corrected chi connectivity index (χ0v) is 11.2. The SMILES string of the molecule is O[C@H]1CN[C@H](c2nc(-c3ccc4ccccc4n3)no2)C1. The van der Waals surface area contributed by atoms with E-state index in [-0.39, 0.29) is 12.1 Å². The van der Waals surface area contributed by atoms with Crippen LogP contribution in [0.15, 0.2) is 40.9 Å². The Balaban J connectivity index is 1.67. The van der Waals surface area contributed by atoms with E-state index in [9.17, 15) is 5.11 Å². The summed E-state index contributed by atoms with van der Waals surface area (Å²) in [5, 5.41) is 17.8. The average molecular weight is 282 g/mol. The number of aliphatic hydroxyl groups is 1. The highest BCUT2D eigenvalue weighted by Crippen LogP contribution is 2.24. The molecule has 1 saturated heterocycles. The highest BCUT2D eigenvalue weighted by atomic mass is 16.5. The lowest BCUT2D eigenvalue weighted by molar-refractivity contribution is 0.191. The topological polar surface area (TPSA) is 84.1 Å². The minimum absolute atomic E-state index is 0.0818. The summed E-state index contributed by atoms with van der Waals surface area (Å²) in [6.07, 6.45) is 0.233. The first kappa shape index (κ1) is 12.4. The summed E-state index contributed by atoms with van der Waals surface area (Å²) in [6, 6.07) is 11.7. The molecule has 1 aromatic carbocycles. The summed E-state index contributed by atoms with van der Waals surface area (Å²) in [6.45, 7) is 0.552. The van der Waals surface area contributed by atoms with Crippen LogP contribution in [-0.2, 0) is 0 Å². The van der Waals surface area contributed by atoms with Gasteiger partial charge in [-0.05, 0) is 18.6 Å². The van der Waals surface area contributed by atoms with Crippen LogP contribution in [0, 0.1) is 0 Å². The minimum atomic E-state index is -0.357. The molecule has 2 aromatic heterocycles. The van der Waals surface area contributed by atoms with Crippen molar-refractivity contribution in [1.29, 1.82) is 0 Å². The molecule has 3 aromatic rings. The monoisotopic (exact) mass is 282 g/mol. The van der Waals surface area contributed by atoms with Gasteiger partial charge >= 0.3 is 0 Å². The number of nitrogens with zero attached hydrogens (tertiary/aromatic N) is 3. The van der Waals surface area contributed by atoms with Crippen LogP contribution in [0.1, 0.15) is 18.4 Å². The van der Waals surface area contributed by atoms with Crippen molar-refractivity contribution in [3.05, 3.63) is 42.3 Å². The number of nitrogens with one attached hydrogen (secondary N) is 1. The third kappa shape index (κ3) is 2.28. The second-order valence-corrected chi connectivity index (χ2v) is 5.20. The zero-order valence-electron chi connectivity index (χ0n) is 11.2. The maximum Gasteiger partial charge on any atom is 0.244 e. The van der Waals surface area contributed by atoms with Gasteiger partial charge in [-0.15, -0.1) is 0 Å². The van der Waals surface area contributed by atoms with Crippen molar-refractivity contribution in [2.45, 2.75) is 18.6 Å². The van der Waals surface area contributed by atoms with Gasteiger partial charge in [-0.2, -0.15) is 4.98 Å². The number of aromatic nitrogens is 3. The van der Waals surface area contributed by atoms with E-state index >= 15 is 0 Å². The Morgan fingerprint density at radius 1 is 1.14 bits per heavy atom. The maximum absolute atomic E-state index is 9.54. The number of β-amino-alcohol motifs (C(OH)–C–C–N with tert-alkyl or cyclic N) is 1. The molecule has 6 heteroatoms. The molecule has 4 rings (SSSR count). The van der Waals surface area contributed by atoms with Crippen molar-refractivity contribution in [2.24, 2.45) is 0 Å². The molecule has 0 bridgehead atoms. The molecular weight excluding hydrogens is 268 g/mol. The number of fused-ring (bicyclic) bond motifs is 1. The molecule has 0 aliphatic carbocycles. The molecule has 0 unspecified atom stereocenters. The molecule has 0 radical (unpaired) electrons. The molecule has 0 saturated carbocycles. The molecule has 1 aliphatic heterocycles. The normalized spacial score (nSPS) is 22.0. The van der Waals surface area contributed by atoms with Gasteiger partial charge in [0.05, 0.1) is 17.7 Å². The van der Waals surface area contributed by atoms with E-state index in [1.807, 2.05) is 36.4 Å². The number of benzene rings is 1. The molecule has 0 amide bonds. The van der Waals surface area contributed by atoms with Gasteiger partial charge in [0.25, 0.3) is 0 Å². The van der Waals surface area contributed by atoms with Crippen LogP contribution >= 0.6 is 0 Å². The second kappa shape index (κ2) is 4.91. The Kier molecular flexibility index (Phi) is 2.90. The molecular formula is C15H14N4O2. The smallest absolute Gasteiger partial charge is 0.244 e. The highest BCUT2D eigenvalue weighted by Gasteiger charge is 2.28. The lowest BCUT2D eigenvalue weighted by atomic mass is 10.2. The van der Waals surface area contributed by atoms with E-state index in [4.69, 9.17) is 4.52 Å². The van der Waals surface area contributed by atoms with E-state index < -0.39 is 0 Å². The Hall–Kier alpha value is -2.31. The van der Waals surface area contributed by atoms with Crippen molar-refractivity contribution in [2.75, 3.05) is 6.54 Å². The molecule has 1 fully saturated rings. The lowest BCUT2D eigenvalue weighted by Gasteiger charge is -2.01. The predicted molar refractivity (Wildman–Crippen MR) is 76.4 cm³/mol. The van der Waals surface area contributed by atoms with Gasteiger partial charge in [0.15, 0.2) is 0 Å². The minimum Gasteiger partial charge on any atom is -0.392 e. The Labute approximate surface area is 120 Å². The quantitative estimate of drug-likeness (QED) is 0.744. The fourth-order valence-electron chi connectivity index (χ4n) is 2.58. The summed E-state index contributed by atoms with van der Waals surface area (Å²) >= 11 is 0. The molecule has 3 heterocycles. The molecule has 6 nitrogen and oxygen atoms in total. The van der Waals surface area contributed by atoms with Gasteiger partial charge in [-0.25, -0.2) is 4.98 Å². The van der Waals surface area contributed by atoms with Crippen LogP contribution in [0.25, 0.3) is 22.4 Å². The van der Waals surface area contributed by atoms with Gasteiger partial charge in [-0.1, -0.05) is 29.4 Å². The number of hydrogen-bond acceptors (Lipinski definition) is 6. The second-order valence-electron chi connectivity index (χ2n) is 5.20. The van der Waals surface area contributed by atoms with Crippen LogP contribution in [0.5, 0.6) is 0 Å². The summed E-state index contributed by atoms with van der Waals surface area (Å²) in [4.78, 5) is 8.94. The van der Waals surface area contributed by atoms with Crippen LogP contribution in [0.2, 0.25) is 0 Å². The Morgan fingerprint density at radius 2 is 2.05 bits per heavy atom. The number of aliphatic hydroxyl groups excluding tert-OH is 1. The van der Waals surface area contributed by atoms with E-state index in [1.54, 1.807) is 0 Å². The number of pyridine rings is 1. The van der Waals surface area contributed by atoms with Gasteiger partial charge < -0.3 is 14.9 Å². The Morgan fingerprint density at radius 3 is 2.90 bits per heavy atom. The van der Waals surface area contributed by atoms with Crippen molar-refractivity contribution >= 4 is 10.9 Å². The summed E-state index contributed by atoms with van der Waals surface area (Å²) in [5.74, 6) is 0.968. The van der Waals surface area contributed by atoms with Crippen LogP contribution in [-0.4, -0.2) is 32.9 Å². The van der Waals surface area contributed by atoms with Crippen LogP contribution < -0.4 is 5.32 Å². The third-order valence-corrected chi connectivity index (χ3v) is 3.68. The first-order valence-electron chi connectivity index (χ1n) is 6.91. The fraction of sp³-hybridized carbons (Fsp3) is 0.267. The van der Waals surface area contributed by atoms with Crippen LogP contribution in [0.4, 0.5) is 0 Å². The third-order valence-electron chi connectivity index (χ3n) is 3.68. The van der Waals surface area contributed by atoms with Crippen molar-refractivity contribution in [3.63, 3.8) is 0 Å². The van der Waals surface area contributed by atoms with E-state index in [1.165, 1.54) is 0 Å². The van der Waals surface area contributed by atoms with Crippen molar-refractivity contribution < 1.29 is 9.63 Å². The van der Waals surface area contributed by atoms with Crippen molar-refractivity contribution in [3.8, 4) is 11.5 Å². The maximum atomic E-state index is 9.54. The molecule has 2 N–H and O–H groups in total. The van der Waals surface area contributed by atoms with Gasteiger partial charge in [0.1, 0.15) is 5.69 Å². The highest BCUT2D eigenvalue weighted by molar-refractivity contribution is 5.80. The van der Waals surface area contributed by atoms with E-state index in [0.717, 1.165) is 10.9 Å². The predicted octanol–water partition coefficient (Wildman–Crippen LogP) is 1.68. The molecule has 21 heavy (non-hydrogen) atoms. The fourth-order valence-corrected chi connectivity index (χ4v) is 2.58. The van der Waals surface area contributed by atoms with E-state index in [0.29, 0.717) is 30.4 Å². The molecule has 1 aliphatic rings. The van der Waals surface area contributed by atoms with Crippen LogP contribution in [0.3, 0.4) is 0 Å². The largest absolute Gasteiger partial charge is 0.392 e.